The van der Waals surface area contributed by atoms with Gasteiger partial charge in [0, 0.05) is 27.5 Å². The molecule has 0 radical (unpaired) electrons. The predicted octanol–water partition coefficient (Wildman–Crippen LogP) is 5.47. The number of hydrogen-bond acceptors (Lipinski definition) is 2. The maximum atomic E-state index is 6.21. The highest BCUT2D eigenvalue weighted by Gasteiger charge is 2.11. The number of benzene rings is 1. The quantitative estimate of drug-likeness (QED) is 0.772. The van der Waals surface area contributed by atoms with Crippen LogP contribution in [-0.2, 0) is 13.0 Å². The summed E-state index contributed by atoms with van der Waals surface area (Å²) in [4.78, 5) is 1.40. The van der Waals surface area contributed by atoms with Crippen LogP contribution in [0.25, 0.3) is 0 Å². The molecule has 2 rings (SSSR count). The molecule has 0 fully saturated rings. The summed E-state index contributed by atoms with van der Waals surface area (Å²) in [5.74, 6) is 0. The predicted molar refractivity (Wildman–Crippen MR) is 85.4 cm³/mol. The van der Waals surface area contributed by atoms with Gasteiger partial charge in [0.05, 0.1) is 0 Å². The van der Waals surface area contributed by atoms with Gasteiger partial charge >= 0.3 is 0 Å². The second kappa shape index (κ2) is 6.76. The maximum Gasteiger partial charge on any atom is 0.0454 e. The van der Waals surface area contributed by atoms with Crippen LogP contribution in [0.1, 0.15) is 35.9 Å². The lowest BCUT2D eigenvalue weighted by Crippen LogP contribution is -2.18. The first-order chi connectivity index (χ1) is 9.11. The van der Waals surface area contributed by atoms with Crippen molar-refractivity contribution in [1.29, 1.82) is 0 Å². The molecule has 19 heavy (non-hydrogen) atoms. The average molecular weight is 314 g/mol. The van der Waals surface area contributed by atoms with Gasteiger partial charge in [-0.25, -0.2) is 0 Å². The molecule has 2 aromatic rings. The van der Waals surface area contributed by atoms with E-state index >= 15 is 0 Å². The molecule has 0 bridgehead atoms. The van der Waals surface area contributed by atoms with E-state index in [-0.39, 0.29) is 6.04 Å². The summed E-state index contributed by atoms with van der Waals surface area (Å²) < 4.78 is 0. The van der Waals surface area contributed by atoms with E-state index in [0.29, 0.717) is 0 Å². The largest absolute Gasteiger partial charge is 0.305 e. The molecule has 1 aromatic carbocycles. The summed E-state index contributed by atoms with van der Waals surface area (Å²) >= 11 is 14.0. The van der Waals surface area contributed by atoms with Crippen LogP contribution in [0.3, 0.4) is 0 Å². The van der Waals surface area contributed by atoms with E-state index in [9.17, 15) is 0 Å². The van der Waals surface area contributed by atoms with E-state index in [0.717, 1.165) is 28.6 Å². The molecule has 1 N–H and O–H groups in total. The van der Waals surface area contributed by atoms with Gasteiger partial charge in [0.1, 0.15) is 0 Å². The Morgan fingerprint density at radius 2 is 2.05 bits per heavy atom. The van der Waals surface area contributed by atoms with Crippen LogP contribution in [0.15, 0.2) is 29.6 Å². The maximum absolute atomic E-state index is 6.21. The Labute approximate surface area is 128 Å². The Kier molecular flexibility index (Phi) is 5.28. The lowest BCUT2D eigenvalue weighted by atomic mass is 10.1. The van der Waals surface area contributed by atoms with Crippen LogP contribution in [0.2, 0.25) is 10.0 Å². The van der Waals surface area contributed by atoms with Crippen molar-refractivity contribution in [2.75, 3.05) is 0 Å². The zero-order valence-corrected chi connectivity index (χ0v) is 13.4. The van der Waals surface area contributed by atoms with Gasteiger partial charge in [-0.15, -0.1) is 11.3 Å². The van der Waals surface area contributed by atoms with Gasteiger partial charge < -0.3 is 5.32 Å². The molecular weight excluding hydrogens is 297 g/mol. The van der Waals surface area contributed by atoms with E-state index < -0.39 is 0 Å². The number of hydrogen-bond donors (Lipinski definition) is 1. The Hall–Kier alpha value is -0.540. The van der Waals surface area contributed by atoms with Crippen molar-refractivity contribution >= 4 is 34.5 Å². The van der Waals surface area contributed by atoms with E-state index in [4.69, 9.17) is 23.2 Å². The first kappa shape index (κ1) is 14.9. The smallest absolute Gasteiger partial charge is 0.0454 e. The second-order valence-electron chi connectivity index (χ2n) is 4.49. The number of halogens is 2. The van der Waals surface area contributed by atoms with Gasteiger partial charge in [-0.1, -0.05) is 30.1 Å². The van der Waals surface area contributed by atoms with Gasteiger partial charge in [0.2, 0.25) is 0 Å². The third kappa shape index (κ3) is 3.73. The summed E-state index contributed by atoms with van der Waals surface area (Å²) in [6.45, 7) is 5.16. The molecular formula is C15H17Cl2NS. The zero-order chi connectivity index (χ0) is 13.8. The monoisotopic (exact) mass is 313 g/mol. The molecule has 1 unspecified atom stereocenters. The number of rotatable bonds is 5. The highest BCUT2D eigenvalue weighted by atomic mass is 35.5. The van der Waals surface area contributed by atoms with Crippen molar-refractivity contribution in [3.05, 3.63) is 55.7 Å². The third-order valence-electron chi connectivity index (χ3n) is 3.21. The molecule has 1 aromatic heterocycles. The Balaban J connectivity index is 2.05. The summed E-state index contributed by atoms with van der Waals surface area (Å²) in [5.41, 5.74) is 2.46. The molecule has 0 amide bonds. The van der Waals surface area contributed by atoms with Crippen molar-refractivity contribution in [2.45, 2.75) is 32.9 Å². The van der Waals surface area contributed by atoms with Crippen molar-refractivity contribution in [3.8, 4) is 0 Å². The molecule has 0 saturated carbocycles. The van der Waals surface area contributed by atoms with Gasteiger partial charge in [0.15, 0.2) is 0 Å². The Morgan fingerprint density at radius 1 is 1.26 bits per heavy atom. The van der Waals surface area contributed by atoms with E-state index in [1.807, 2.05) is 18.2 Å². The molecule has 0 saturated heterocycles. The molecule has 1 heterocycles. The topological polar surface area (TPSA) is 12.0 Å². The third-order valence-corrected chi connectivity index (χ3v) is 4.75. The minimum Gasteiger partial charge on any atom is -0.305 e. The van der Waals surface area contributed by atoms with E-state index in [1.165, 1.54) is 10.4 Å². The molecule has 1 atom stereocenters. The summed E-state index contributed by atoms with van der Waals surface area (Å²) in [7, 11) is 0. The van der Waals surface area contributed by atoms with Crippen molar-refractivity contribution in [3.63, 3.8) is 0 Å². The standard InChI is InChI=1S/C15H17Cl2NS/c1-3-11-6-7-19-15(11)9-18-10(2)13-8-12(16)4-5-14(13)17/h4-8,10,18H,3,9H2,1-2H3. The highest BCUT2D eigenvalue weighted by molar-refractivity contribution is 7.10. The number of thiophene rings is 1. The number of aryl methyl sites for hydroxylation is 1. The SMILES string of the molecule is CCc1ccsc1CNC(C)c1cc(Cl)ccc1Cl. The summed E-state index contributed by atoms with van der Waals surface area (Å²) in [6, 6.07) is 7.96. The van der Waals surface area contributed by atoms with Crippen LogP contribution in [0, 0.1) is 0 Å². The van der Waals surface area contributed by atoms with Crippen LogP contribution >= 0.6 is 34.5 Å². The Morgan fingerprint density at radius 3 is 2.79 bits per heavy atom. The molecule has 0 spiro atoms. The van der Waals surface area contributed by atoms with Crippen LogP contribution in [0.5, 0.6) is 0 Å². The molecule has 1 nitrogen and oxygen atoms in total. The minimum absolute atomic E-state index is 0.179. The van der Waals surface area contributed by atoms with E-state index in [2.05, 4.69) is 30.6 Å². The van der Waals surface area contributed by atoms with Gasteiger partial charge in [-0.3, -0.25) is 0 Å². The zero-order valence-electron chi connectivity index (χ0n) is 11.0. The van der Waals surface area contributed by atoms with Gasteiger partial charge in [-0.2, -0.15) is 0 Å². The Bertz CT molecular complexity index is 551. The molecule has 0 aliphatic carbocycles. The minimum atomic E-state index is 0.179. The highest BCUT2D eigenvalue weighted by Crippen LogP contribution is 2.27. The number of nitrogens with one attached hydrogen (secondary N) is 1. The van der Waals surface area contributed by atoms with Crippen molar-refractivity contribution < 1.29 is 0 Å². The fourth-order valence-corrected chi connectivity index (χ4v) is 3.43. The second-order valence-corrected chi connectivity index (χ2v) is 6.34. The van der Waals surface area contributed by atoms with Gasteiger partial charge in [0.25, 0.3) is 0 Å². The fraction of sp³-hybridized carbons (Fsp3) is 0.333. The summed E-state index contributed by atoms with van der Waals surface area (Å²) in [5, 5.41) is 7.13. The van der Waals surface area contributed by atoms with Crippen molar-refractivity contribution in [2.24, 2.45) is 0 Å². The molecule has 4 heteroatoms. The fourth-order valence-electron chi connectivity index (χ4n) is 2.04. The first-order valence-corrected chi connectivity index (χ1v) is 7.99. The van der Waals surface area contributed by atoms with Gasteiger partial charge in [-0.05, 0) is 54.1 Å². The normalized spacial score (nSPS) is 12.6. The lowest BCUT2D eigenvalue weighted by Gasteiger charge is -2.16. The molecule has 0 aliphatic heterocycles. The first-order valence-electron chi connectivity index (χ1n) is 6.35. The molecule has 102 valence electrons. The van der Waals surface area contributed by atoms with E-state index in [1.54, 1.807) is 11.3 Å². The van der Waals surface area contributed by atoms with Crippen LogP contribution < -0.4 is 5.32 Å². The summed E-state index contributed by atoms with van der Waals surface area (Å²) in [6.07, 6.45) is 1.08. The van der Waals surface area contributed by atoms with Crippen molar-refractivity contribution in [1.82, 2.24) is 5.32 Å². The van der Waals surface area contributed by atoms with Crippen LogP contribution in [-0.4, -0.2) is 0 Å². The lowest BCUT2D eigenvalue weighted by molar-refractivity contribution is 0.577. The molecule has 0 aliphatic rings. The average Bonchev–Trinajstić information content (AvgIpc) is 2.86. The van der Waals surface area contributed by atoms with Crippen LogP contribution in [0.4, 0.5) is 0 Å².